The van der Waals surface area contributed by atoms with Crippen LogP contribution in [-0.2, 0) is 15.7 Å². The zero-order chi connectivity index (χ0) is 20.0. The van der Waals surface area contributed by atoms with Gasteiger partial charge in [0, 0.05) is 5.02 Å². The number of rotatable bonds is 1. The molecule has 2 aliphatic heterocycles. The lowest BCUT2D eigenvalue weighted by Gasteiger charge is -2.44. The Morgan fingerprint density at radius 3 is 2.56 bits per heavy atom. The molecule has 8 heteroatoms. The van der Waals surface area contributed by atoms with Crippen LogP contribution >= 0.6 is 11.6 Å². The van der Waals surface area contributed by atoms with Crippen LogP contribution in [0.25, 0.3) is 5.57 Å². The molecule has 1 amide bonds. The molecule has 1 fully saturated rings. The Morgan fingerprint density at radius 1 is 1.26 bits per heavy atom. The van der Waals surface area contributed by atoms with Gasteiger partial charge in [-0.1, -0.05) is 17.7 Å². The number of fused-ring (bicyclic) bond motifs is 2. The van der Waals surface area contributed by atoms with Gasteiger partial charge in [0.1, 0.15) is 5.60 Å². The quantitative estimate of drug-likeness (QED) is 0.651. The summed E-state index contributed by atoms with van der Waals surface area (Å²) in [6.07, 6.45) is -2.81. The van der Waals surface area contributed by atoms with Gasteiger partial charge in [0.05, 0.1) is 30.9 Å². The van der Waals surface area contributed by atoms with Gasteiger partial charge in [-0.25, -0.2) is 4.79 Å². The third-order valence-corrected chi connectivity index (χ3v) is 4.77. The smallest absolute Gasteiger partial charge is 0.416 e. The molecule has 2 unspecified atom stereocenters. The van der Waals surface area contributed by atoms with E-state index < -0.39 is 29.5 Å². The summed E-state index contributed by atoms with van der Waals surface area (Å²) in [5, 5.41) is 0.249. The number of hydrogen-bond donors (Lipinski definition) is 0. The highest BCUT2D eigenvalue weighted by Crippen LogP contribution is 2.39. The van der Waals surface area contributed by atoms with E-state index in [-0.39, 0.29) is 17.7 Å². The average Bonchev–Trinajstić information content (AvgIpc) is 2.51. The highest BCUT2D eigenvalue weighted by molar-refractivity contribution is 6.32. The number of hydrogen-bond acceptors (Lipinski definition) is 3. The fourth-order valence-corrected chi connectivity index (χ4v) is 3.58. The number of carbonyl (C=O) groups is 1. The lowest BCUT2D eigenvalue weighted by Crippen LogP contribution is -2.57. The zero-order valence-corrected chi connectivity index (χ0v) is 16.0. The molecule has 0 aromatic heterocycles. The molecule has 0 spiro atoms. The summed E-state index contributed by atoms with van der Waals surface area (Å²) < 4.78 is 50.2. The fraction of sp³-hybridized carbons (Fsp3) is 0.526. The molecule has 148 valence electrons. The number of ether oxygens (including phenoxy) is 2. The molecule has 2 bridgehead atoms. The summed E-state index contributed by atoms with van der Waals surface area (Å²) in [7, 11) is 0. The van der Waals surface area contributed by atoms with Crippen LogP contribution in [0.3, 0.4) is 0 Å². The first kappa shape index (κ1) is 20.0. The minimum Gasteiger partial charge on any atom is -0.444 e. The van der Waals surface area contributed by atoms with Gasteiger partial charge in [-0.15, -0.1) is 0 Å². The van der Waals surface area contributed by atoms with E-state index in [1.165, 1.54) is 6.07 Å². The Labute approximate surface area is 160 Å². The van der Waals surface area contributed by atoms with Gasteiger partial charge in [-0.2, -0.15) is 13.2 Å². The number of carbonyl (C=O) groups excluding carboxylic acids is 1. The molecule has 0 radical (unpaired) electrons. The normalized spacial score (nSPS) is 23.1. The van der Waals surface area contributed by atoms with E-state index in [0.717, 1.165) is 12.1 Å². The summed E-state index contributed by atoms with van der Waals surface area (Å²) in [5.74, 6) is 0. The van der Waals surface area contributed by atoms with E-state index in [1.807, 2.05) is 0 Å². The molecule has 1 aromatic carbocycles. The van der Waals surface area contributed by atoms with Crippen LogP contribution in [0, 0.1) is 0 Å². The first-order valence-electron chi connectivity index (χ1n) is 8.62. The molecule has 0 aliphatic carbocycles. The van der Waals surface area contributed by atoms with Crippen molar-refractivity contribution in [3.63, 3.8) is 0 Å². The molecule has 2 atom stereocenters. The van der Waals surface area contributed by atoms with Crippen molar-refractivity contribution >= 4 is 23.3 Å². The van der Waals surface area contributed by atoms with Crippen molar-refractivity contribution in [2.45, 2.75) is 51.1 Å². The summed E-state index contributed by atoms with van der Waals surface area (Å²) in [4.78, 5) is 14.2. The Morgan fingerprint density at radius 2 is 1.96 bits per heavy atom. The average molecular weight is 404 g/mol. The van der Waals surface area contributed by atoms with Crippen molar-refractivity contribution in [2.75, 3.05) is 13.2 Å². The van der Waals surface area contributed by atoms with E-state index in [2.05, 4.69) is 0 Å². The highest BCUT2D eigenvalue weighted by Gasteiger charge is 2.41. The second kappa shape index (κ2) is 7.02. The SMILES string of the molecule is CC(C)(C)OC(=O)N1C2C=C(c3cc(C(F)(F)F)ccc3Cl)CC1COC2. The van der Waals surface area contributed by atoms with Gasteiger partial charge in [0.15, 0.2) is 0 Å². The van der Waals surface area contributed by atoms with E-state index in [1.54, 1.807) is 31.7 Å². The molecule has 2 heterocycles. The van der Waals surface area contributed by atoms with Crippen molar-refractivity contribution < 1.29 is 27.4 Å². The van der Waals surface area contributed by atoms with Gasteiger partial charge >= 0.3 is 12.3 Å². The minimum atomic E-state index is -4.45. The Kier molecular flexibility index (Phi) is 5.20. The fourth-order valence-electron chi connectivity index (χ4n) is 3.34. The standard InChI is InChI=1S/C19H21ClF3NO3/c1-18(2,3)27-17(25)24-13-6-11(7-14(24)10-26-9-13)15-8-12(19(21,22)23)4-5-16(15)20/h4-6,8,13-14H,7,9-10H2,1-3H3. The molecular weight excluding hydrogens is 383 g/mol. The number of halogens is 4. The van der Waals surface area contributed by atoms with Crippen LogP contribution in [0.4, 0.5) is 18.0 Å². The third kappa shape index (κ3) is 4.41. The molecule has 3 rings (SSSR count). The monoisotopic (exact) mass is 403 g/mol. The van der Waals surface area contributed by atoms with Crippen LogP contribution < -0.4 is 0 Å². The highest BCUT2D eigenvalue weighted by atomic mass is 35.5. The Hall–Kier alpha value is -1.73. The zero-order valence-electron chi connectivity index (χ0n) is 15.3. The lowest BCUT2D eigenvalue weighted by atomic mass is 9.89. The maximum absolute atomic E-state index is 13.1. The number of nitrogens with zero attached hydrogens (tertiary/aromatic N) is 1. The van der Waals surface area contributed by atoms with Crippen LogP contribution in [0.1, 0.15) is 38.3 Å². The topological polar surface area (TPSA) is 38.8 Å². The number of morpholine rings is 1. The van der Waals surface area contributed by atoms with Gasteiger partial charge in [0.2, 0.25) is 0 Å². The second-order valence-corrected chi connectivity index (χ2v) is 8.14. The summed E-state index contributed by atoms with van der Waals surface area (Å²) in [6, 6.07) is 2.56. The van der Waals surface area contributed by atoms with E-state index in [9.17, 15) is 18.0 Å². The summed E-state index contributed by atoms with van der Waals surface area (Å²) >= 11 is 6.18. The predicted molar refractivity (Wildman–Crippen MR) is 95.5 cm³/mol. The second-order valence-electron chi connectivity index (χ2n) is 7.73. The van der Waals surface area contributed by atoms with Crippen LogP contribution in [-0.4, -0.2) is 41.9 Å². The predicted octanol–water partition coefficient (Wildman–Crippen LogP) is 5.15. The molecule has 4 nitrogen and oxygen atoms in total. The molecule has 2 aliphatic rings. The third-order valence-electron chi connectivity index (χ3n) is 4.44. The Balaban J connectivity index is 1.93. The molecular formula is C19H21ClF3NO3. The van der Waals surface area contributed by atoms with Crippen molar-refractivity contribution in [3.8, 4) is 0 Å². The maximum Gasteiger partial charge on any atom is 0.416 e. The van der Waals surface area contributed by atoms with Gasteiger partial charge in [0.25, 0.3) is 0 Å². The molecule has 27 heavy (non-hydrogen) atoms. The van der Waals surface area contributed by atoms with Gasteiger partial charge in [-0.05, 0) is 56.5 Å². The summed E-state index contributed by atoms with van der Waals surface area (Å²) in [6.45, 7) is 5.90. The van der Waals surface area contributed by atoms with Crippen molar-refractivity contribution in [1.29, 1.82) is 0 Å². The summed E-state index contributed by atoms with van der Waals surface area (Å²) in [5.41, 5.74) is -0.365. The number of amides is 1. The first-order chi connectivity index (χ1) is 12.5. The number of benzene rings is 1. The van der Waals surface area contributed by atoms with E-state index in [0.29, 0.717) is 24.2 Å². The van der Waals surface area contributed by atoms with E-state index in [4.69, 9.17) is 21.1 Å². The van der Waals surface area contributed by atoms with Gasteiger partial charge in [-0.3, -0.25) is 4.90 Å². The van der Waals surface area contributed by atoms with Crippen LogP contribution in [0.15, 0.2) is 24.3 Å². The molecule has 1 saturated heterocycles. The number of alkyl halides is 3. The largest absolute Gasteiger partial charge is 0.444 e. The molecule has 1 aromatic rings. The molecule has 0 saturated carbocycles. The van der Waals surface area contributed by atoms with E-state index >= 15 is 0 Å². The maximum atomic E-state index is 13.1. The Bertz CT molecular complexity index is 770. The van der Waals surface area contributed by atoms with Crippen molar-refractivity contribution in [3.05, 3.63) is 40.4 Å². The molecule has 0 N–H and O–H groups in total. The van der Waals surface area contributed by atoms with Crippen LogP contribution in [0.2, 0.25) is 5.02 Å². The van der Waals surface area contributed by atoms with Crippen LogP contribution in [0.5, 0.6) is 0 Å². The van der Waals surface area contributed by atoms with Crippen molar-refractivity contribution in [1.82, 2.24) is 4.90 Å². The minimum absolute atomic E-state index is 0.249. The van der Waals surface area contributed by atoms with Crippen molar-refractivity contribution in [2.24, 2.45) is 0 Å². The van der Waals surface area contributed by atoms with Gasteiger partial charge < -0.3 is 9.47 Å². The lowest BCUT2D eigenvalue weighted by molar-refractivity contribution is -0.137. The first-order valence-corrected chi connectivity index (χ1v) is 9.00.